The molecule has 0 amide bonds. The summed E-state index contributed by atoms with van der Waals surface area (Å²) in [5, 5.41) is 0. The number of aryl methyl sites for hydroxylation is 1. The molecule has 0 unspecified atom stereocenters. The summed E-state index contributed by atoms with van der Waals surface area (Å²) in [7, 11) is -3.40. The number of unbranched alkanes of at least 4 members (excludes halogenated alkanes) is 2. The highest BCUT2D eigenvalue weighted by Crippen LogP contribution is 2.31. The van der Waals surface area contributed by atoms with Crippen LogP contribution in [0.5, 0.6) is 0 Å². The zero-order valence-electron chi connectivity index (χ0n) is 12.7. The monoisotopic (exact) mass is 418 g/mol. The fourth-order valence-corrected chi connectivity index (χ4v) is 4.57. The Morgan fingerprint density at radius 1 is 1.24 bits per heavy atom. The van der Waals surface area contributed by atoms with Crippen molar-refractivity contribution in [2.75, 3.05) is 0 Å². The minimum absolute atomic E-state index is 0.370. The largest absolute Gasteiger partial charge is 0.218 e. The van der Waals surface area contributed by atoms with Gasteiger partial charge in [0.2, 0.25) is 9.84 Å². The molecule has 0 N–H and O–H groups in total. The van der Waals surface area contributed by atoms with E-state index in [0.717, 1.165) is 36.8 Å². The van der Waals surface area contributed by atoms with Crippen molar-refractivity contribution in [2.24, 2.45) is 0 Å². The third kappa shape index (κ3) is 5.25. The number of rotatable bonds is 8. The maximum atomic E-state index is 12.7. The van der Waals surface area contributed by atoms with E-state index in [2.05, 4.69) is 13.5 Å². The molecule has 0 aliphatic rings. The number of halogens is 1. The zero-order valence-corrected chi connectivity index (χ0v) is 15.7. The summed E-state index contributed by atoms with van der Waals surface area (Å²) in [5.41, 5.74) is 2.03. The Balaban J connectivity index is 3.13. The smallest absolute Gasteiger partial charge is 0.212 e. The van der Waals surface area contributed by atoms with E-state index in [0.29, 0.717) is 14.2 Å². The Hall–Kier alpha value is -0.620. The standard InChI is InChI=1S/C17H23IO2S/c1-4-6-7-9-15(8-5-2)17(18)21(19,20)16-12-10-14(3)11-13-16/h5,10-13H,2,4,6-9H2,1,3H3/b17-15-. The molecule has 1 aromatic rings. The molecule has 21 heavy (non-hydrogen) atoms. The SMILES string of the molecule is C=CC/C(CCCCC)=C(\I)S(=O)(=O)c1ccc(C)cc1. The van der Waals surface area contributed by atoms with E-state index in [1.165, 1.54) is 0 Å². The van der Waals surface area contributed by atoms with E-state index in [4.69, 9.17) is 0 Å². The summed E-state index contributed by atoms with van der Waals surface area (Å²) < 4.78 is 25.8. The van der Waals surface area contributed by atoms with Crippen LogP contribution in [-0.4, -0.2) is 8.42 Å². The molecule has 0 radical (unpaired) electrons. The van der Waals surface area contributed by atoms with Gasteiger partial charge in [-0.05, 0) is 66.5 Å². The molecule has 0 aromatic heterocycles. The summed E-state index contributed by atoms with van der Waals surface area (Å²) in [6.07, 6.45) is 6.51. The first-order valence-electron chi connectivity index (χ1n) is 7.23. The van der Waals surface area contributed by atoms with E-state index in [9.17, 15) is 8.42 Å². The summed E-state index contributed by atoms with van der Waals surface area (Å²) in [5.74, 6) is 0. The van der Waals surface area contributed by atoms with Crippen molar-refractivity contribution in [2.45, 2.75) is 50.8 Å². The number of hydrogen-bond acceptors (Lipinski definition) is 2. The quantitative estimate of drug-likeness (QED) is 0.314. The Labute approximate surface area is 142 Å². The van der Waals surface area contributed by atoms with Crippen molar-refractivity contribution in [3.8, 4) is 0 Å². The van der Waals surface area contributed by atoms with Crippen LogP contribution in [0.15, 0.2) is 50.3 Å². The molecule has 1 aromatic carbocycles. The van der Waals surface area contributed by atoms with Crippen LogP contribution in [0.3, 0.4) is 0 Å². The second-order valence-electron chi connectivity index (χ2n) is 5.14. The van der Waals surface area contributed by atoms with Gasteiger partial charge in [0.1, 0.15) is 2.91 Å². The molecule has 1 rings (SSSR count). The fraction of sp³-hybridized carbons (Fsp3) is 0.412. The first-order chi connectivity index (χ1) is 9.93. The lowest BCUT2D eigenvalue weighted by Crippen LogP contribution is -2.04. The third-order valence-electron chi connectivity index (χ3n) is 3.32. The van der Waals surface area contributed by atoms with Gasteiger partial charge in [0.05, 0.1) is 4.90 Å². The van der Waals surface area contributed by atoms with Crippen molar-refractivity contribution < 1.29 is 8.42 Å². The highest BCUT2D eigenvalue weighted by atomic mass is 127. The molecule has 0 saturated heterocycles. The maximum absolute atomic E-state index is 12.7. The second kappa shape index (κ2) is 8.73. The van der Waals surface area contributed by atoms with Gasteiger partial charge in [0, 0.05) is 0 Å². The Morgan fingerprint density at radius 3 is 2.38 bits per heavy atom. The van der Waals surface area contributed by atoms with Crippen LogP contribution in [0.25, 0.3) is 0 Å². The predicted molar refractivity (Wildman–Crippen MR) is 98.4 cm³/mol. The van der Waals surface area contributed by atoms with E-state index >= 15 is 0 Å². The molecule has 4 heteroatoms. The minimum atomic E-state index is -3.40. The molecular weight excluding hydrogens is 395 g/mol. The average molecular weight is 418 g/mol. The fourth-order valence-electron chi connectivity index (χ4n) is 2.05. The Kier molecular flexibility index (Phi) is 7.66. The predicted octanol–water partition coefficient (Wildman–Crippen LogP) is 5.57. The zero-order chi connectivity index (χ0) is 15.9. The molecule has 0 bridgehead atoms. The Morgan fingerprint density at radius 2 is 1.86 bits per heavy atom. The molecular formula is C17H23IO2S. The highest BCUT2D eigenvalue weighted by molar-refractivity contribution is 14.1. The van der Waals surface area contributed by atoms with E-state index in [1.54, 1.807) is 18.2 Å². The summed E-state index contributed by atoms with van der Waals surface area (Å²) >= 11 is 1.98. The topological polar surface area (TPSA) is 34.1 Å². The second-order valence-corrected chi connectivity index (χ2v) is 8.84. The molecule has 0 heterocycles. The summed E-state index contributed by atoms with van der Waals surface area (Å²) in [4.78, 5) is 0.370. The lowest BCUT2D eigenvalue weighted by atomic mass is 10.1. The molecule has 0 saturated carbocycles. The van der Waals surface area contributed by atoms with Gasteiger partial charge < -0.3 is 0 Å². The van der Waals surface area contributed by atoms with Crippen LogP contribution < -0.4 is 0 Å². The number of benzene rings is 1. The van der Waals surface area contributed by atoms with Crippen molar-refractivity contribution in [1.82, 2.24) is 0 Å². The third-order valence-corrected chi connectivity index (χ3v) is 7.47. The van der Waals surface area contributed by atoms with Crippen LogP contribution in [0, 0.1) is 6.92 Å². The van der Waals surface area contributed by atoms with Gasteiger partial charge in [0.15, 0.2) is 0 Å². The first-order valence-corrected chi connectivity index (χ1v) is 9.79. The number of allylic oxidation sites excluding steroid dienone is 2. The summed E-state index contributed by atoms with van der Waals surface area (Å²) in [6, 6.07) is 7.03. The van der Waals surface area contributed by atoms with Crippen LogP contribution >= 0.6 is 22.6 Å². The summed E-state index contributed by atoms with van der Waals surface area (Å²) in [6.45, 7) is 7.84. The van der Waals surface area contributed by atoms with Gasteiger partial charge in [0.25, 0.3) is 0 Å². The van der Waals surface area contributed by atoms with Gasteiger partial charge in [-0.1, -0.05) is 43.5 Å². The van der Waals surface area contributed by atoms with E-state index in [1.807, 2.05) is 41.6 Å². The lowest BCUT2D eigenvalue weighted by Gasteiger charge is -2.11. The van der Waals surface area contributed by atoms with Gasteiger partial charge >= 0.3 is 0 Å². The minimum Gasteiger partial charge on any atom is -0.218 e. The maximum Gasteiger partial charge on any atom is 0.212 e. The number of sulfone groups is 1. The molecule has 0 spiro atoms. The van der Waals surface area contributed by atoms with Crippen LogP contribution in [0.4, 0.5) is 0 Å². The molecule has 116 valence electrons. The Bertz CT molecular complexity index is 598. The molecule has 0 fully saturated rings. The molecule has 0 aliphatic carbocycles. The van der Waals surface area contributed by atoms with Gasteiger partial charge in [-0.15, -0.1) is 6.58 Å². The highest BCUT2D eigenvalue weighted by Gasteiger charge is 2.21. The average Bonchev–Trinajstić information content (AvgIpc) is 2.46. The van der Waals surface area contributed by atoms with E-state index in [-0.39, 0.29) is 0 Å². The van der Waals surface area contributed by atoms with Crippen LogP contribution in [-0.2, 0) is 9.84 Å². The van der Waals surface area contributed by atoms with Gasteiger partial charge in [-0.25, -0.2) is 8.42 Å². The van der Waals surface area contributed by atoms with E-state index < -0.39 is 9.84 Å². The lowest BCUT2D eigenvalue weighted by molar-refractivity contribution is 0.603. The molecule has 0 atom stereocenters. The van der Waals surface area contributed by atoms with Crippen LogP contribution in [0.2, 0.25) is 0 Å². The molecule has 2 nitrogen and oxygen atoms in total. The van der Waals surface area contributed by atoms with Gasteiger partial charge in [-0.3, -0.25) is 0 Å². The van der Waals surface area contributed by atoms with Gasteiger partial charge in [-0.2, -0.15) is 0 Å². The van der Waals surface area contributed by atoms with Crippen LogP contribution in [0.1, 0.15) is 44.6 Å². The normalized spacial score (nSPS) is 12.9. The van der Waals surface area contributed by atoms with Crippen molar-refractivity contribution in [3.05, 3.63) is 51.0 Å². The first kappa shape index (κ1) is 18.4. The van der Waals surface area contributed by atoms with Crippen molar-refractivity contribution >= 4 is 32.4 Å². The van der Waals surface area contributed by atoms with Crippen molar-refractivity contribution in [3.63, 3.8) is 0 Å². The van der Waals surface area contributed by atoms with Crippen molar-refractivity contribution in [1.29, 1.82) is 0 Å². The molecule has 0 aliphatic heterocycles. The number of hydrogen-bond donors (Lipinski definition) is 0.